The molecule has 0 fully saturated rings. The van der Waals surface area contributed by atoms with Crippen LogP contribution in [0.15, 0.2) is 46.7 Å². The molecule has 198 valence electrons. The Labute approximate surface area is 234 Å². The number of nitrogens with one attached hydrogen (secondary N) is 1. The first-order chi connectivity index (χ1) is 18.0. The van der Waals surface area contributed by atoms with Crippen LogP contribution in [0.1, 0.15) is 45.7 Å². The van der Waals surface area contributed by atoms with Gasteiger partial charge in [0.1, 0.15) is 10.0 Å². The number of carbonyl (C=O) groups excluding carboxylic acids is 1. The van der Waals surface area contributed by atoms with Crippen molar-refractivity contribution < 1.29 is 17.6 Å². The van der Waals surface area contributed by atoms with Crippen LogP contribution in [-0.2, 0) is 34.2 Å². The molecular formula is C28H25Cl2FN2O3S2. The largest absolute Gasteiger partial charge is 0.339 e. The lowest BCUT2D eigenvalue weighted by Crippen LogP contribution is -2.28. The Morgan fingerprint density at radius 3 is 2.61 bits per heavy atom. The number of halogens is 3. The summed E-state index contributed by atoms with van der Waals surface area (Å²) in [4.78, 5) is 13.5. The van der Waals surface area contributed by atoms with E-state index in [1.165, 1.54) is 24.3 Å². The van der Waals surface area contributed by atoms with Crippen LogP contribution >= 0.6 is 34.5 Å². The van der Waals surface area contributed by atoms with Gasteiger partial charge in [-0.25, -0.2) is 17.5 Å². The van der Waals surface area contributed by atoms with Crippen molar-refractivity contribution in [3.8, 4) is 0 Å². The Morgan fingerprint density at radius 2 is 1.89 bits per heavy atom. The third-order valence-corrected chi connectivity index (χ3v) is 10.4. The summed E-state index contributed by atoms with van der Waals surface area (Å²) in [5.74, 6) is -1.24. The normalized spacial score (nSPS) is 13.8. The fourth-order valence-corrected chi connectivity index (χ4v) is 7.87. The number of aryl methyl sites for hydroxylation is 3. The highest BCUT2D eigenvalue weighted by Gasteiger charge is 2.24. The predicted octanol–water partition coefficient (Wildman–Crippen LogP) is 7.21. The van der Waals surface area contributed by atoms with E-state index in [2.05, 4.69) is 9.29 Å². The van der Waals surface area contributed by atoms with Gasteiger partial charge in [-0.15, -0.1) is 11.3 Å². The van der Waals surface area contributed by atoms with E-state index < -0.39 is 21.7 Å². The van der Waals surface area contributed by atoms with Crippen molar-refractivity contribution in [3.63, 3.8) is 0 Å². The van der Waals surface area contributed by atoms with Gasteiger partial charge >= 0.3 is 0 Å². The molecule has 0 saturated carbocycles. The standard InChI is InChI=1S/C28H25Cl2FN2O3S2/c1-16-11-27(37-17(16)2)38(35,36)32-26(34)10-8-18-12-21(31)14-23-22-5-3-4-6-25(22)33(28(18)23)15-19-7-9-20(29)13-24(19)30/h7-14H,3-6,15H2,1-2H3,(H,32,34)/b10-8+. The first-order valence-electron chi connectivity index (χ1n) is 12.1. The number of amides is 1. The lowest BCUT2D eigenvalue weighted by molar-refractivity contribution is -0.114. The van der Waals surface area contributed by atoms with Gasteiger partial charge in [0.05, 0.1) is 5.52 Å². The van der Waals surface area contributed by atoms with Crippen LogP contribution in [0.5, 0.6) is 0 Å². The van der Waals surface area contributed by atoms with Crippen molar-refractivity contribution in [2.24, 2.45) is 0 Å². The molecule has 2 aromatic heterocycles. The molecule has 0 bridgehead atoms. The molecule has 10 heteroatoms. The summed E-state index contributed by atoms with van der Waals surface area (Å²) >= 11 is 13.7. The third-order valence-electron chi connectivity index (χ3n) is 6.86. The van der Waals surface area contributed by atoms with E-state index in [1.54, 1.807) is 12.1 Å². The maximum atomic E-state index is 14.8. The lowest BCUT2D eigenvalue weighted by Gasteiger charge is -2.17. The summed E-state index contributed by atoms with van der Waals surface area (Å²) in [6.45, 7) is 4.08. The highest BCUT2D eigenvalue weighted by Crippen LogP contribution is 2.36. The summed E-state index contributed by atoms with van der Waals surface area (Å²) in [6.07, 6.45) is 6.30. The fraction of sp³-hybridized carbons (Fsp3) is 0.250. The molecule has 2 heterocycles. The molecule has 0 aliphatic heterocycles. The van der Waals surface area contributed by atoms with E-state index >= 15 is 0 Å². The summed E-state index contributed by atoms with van der Waals surface area (Å²) in [7, 11) is -4.01. The number of carbonyl (C=O) groups is 1. The number of sulfonamides is 1. The maximum absolute atomic E-state index is 14.8. The molecule has 5 nitrogen and oxygen atoms in total. The van der Waals surface area contributed by atoms with Crippen molar-refractivity contribution in [2.75, 3.05) is 0 Å². The van der Waals surface area contributed by atoms with Crippen LogP contribution in [0.2, 0.25) is 10.0 Å². The first-order valence-corrected chi connectivity index (χ1v) is 15.2. The van der Waals surface area contributed by atoms with E-state index in [1.807, 2.05) is 19.9 Å². The van der Waals surface area contributed by atoms with E-state index in [-0.39, 0.29) is 4.21 Å². The maximum Gasteiger partial charge on any atom is 0.273 e. The zero-order chi connectivity index (χ0) is 27.2. The van der Waals surface area contributed by atoms with Gasteiger partial charge < -0.3 is 4.57 Å². The molecular weight excluding hydrogens is 566 g/mol. The number of thiophene rings is 1. The van der Waals surface area contributed by atoms with Crippen LogP contribution in [0.3, 0.4) is 0 Å². The van der Waals surface area contributed by atoms with Gasteiger partial charge in [-0.3, -0.25) is 4.79 Å². The van der Waals surface area contributed by atoms with Gasteiger partial charge in [0.2, 0.25) is 0 Å². The van der Waals surface area contributed by atoms with Crippen LogP contribution in [0.25, 0.3) is 17.0 Å². The average molecular weight is 592 g/mol. The molecule has 38 heavy (non-hydrogen) atoms. The van der Waals surface area contributed by atoms with Crippen LogP contribution in [0, 0.1) is 19.7 Å². The van der Waals surface area contributed by atoms with E-state index in [0.717, 1.165) is 81.3 Å². The zero-order valence-corrected chi connectivity index (χ0v) is 23.9. The molecule has 0 radical (unpaired) electrons. The molecule has 0 saturated heterocycles. The highest BCUT2D eigenvalue weighted by atomic mass is 35.5. The van der Waals surface area contributed by atoms with Crippen LogP contribution < -0.4 is 4.72 Å². The van der Waals surface area contributed by atoms with E-state index in [4.69, 9.17) is 23.2 Å². The monoisotopic (exact) mass is 590 g/mol. The minimum atomic E-state index is -4.01. The highest BCUT2D eigenvalue weighted by molar-refractivity contribution is 7.92. The Kier molecular flexibility index (Phi) is 7.44. The van der Waals surface area contributed by atoms with Crippen molar-refractivity contribution in [1.82, 2.24) is 9.29 Å². The second kappa shape index (κ2) is 10.5. The molecule has 1 N–H and O–H groups in total. The molecule has 0 spiro atoms. The van der Waals surface area contributed by atoms with Crippen molar-refractivity contribution in [2.45, 2.75) is 50.3 Å². The second-order valence-electron chi connectivity index (χ2n) is 9.45. The predicted molar refractivity (Wildman–Crippen MR) is 152 cm³/mol. The van der Waals surface area contributed by atoms with E-state index in [9.17, 15) is 17.6 Å². The molecule has 1 aliphatic carbocycles. The summed E-state index contributed by atoms with van der Waals surface area (Å²) in [5.41, 5.74) is 5.18. The van der Waals surface area contributed by atoms with Crippen LogP contribution in [-0.4, -0.2) is 18.9 Å². The van der Waals surface area contributed by atoms with Gasteiger partial charge in [0, 0.05) is 44.2 Å². The summed E-state index contributed by atoms with van der Waals surface area (Å²) in [5, 5.41) is 1.87. The number of benzene rings is 2. The van der Waals surface area contributed by atoms with Gasteiger partial charge in [-0.1, -0.05) is 29.3 Å². The summed E-state index contributed by atoms with van der Waals surface area (Å²) < 4.78 is 44.5. The topological polar surface area (TPSA) is 68.2 Å². The van der Waals surface area contributed by atoms with E-state index in [0.29, 0.717) is 22.2 Å². The SMILES string of the molecule is Cc1cc(S(=O)(=O)NC(=O)/C=C/c2cc(F)cc3c4c(n(Cc5ccc(Cl)cc5Cl)c23)CCCC4)sc1C. The number of nitrogens with zero attached hydrogens (tertiary/aromatic N) is 1. The zero-order valence-electron chi connectivity index (χ0n) is 20.8. The number of fused-ring (bicyclic) bond motifs is 3. The average Bonchev–Trinajstić information content (AvgIpc) is 3.36. The Morgan fingerprint density at radius 1 is 1.13 bits per heavy atom. The van der Waals surface area contributed by atoms with Crippen molar-refractivity contribution in [3.05, 3.63) is 91.2 Å². The molecule has 0 unspecified atom stereocenters. The molecule has 1 amide bonds. The molecule has 0 atom stereocenters. The number of rotatable bonds is 6. The van der Waals surface area contributed by atoms with Crippen molar-refractivity contribution >= 4 is 67.4 Å². The number of hydrogen-bond acceptors (Lipinski definition) is 4. The Balaban J connectivity index is 1.55. The summed E-state index contributed by atoms with van der Waals surface area (Å²) in [6, 6.07) is 9.77. The minimum Gasteiger partial charge on any atom is -0.339 e. The van der Waals surface area contributed by atoms with Gasteiger partial charge in [-0.2, -0.15) is 0 Å². The smallest absolute Gasteiger partial charge is 0.273 e. The van der Waals surface area contributed by atoms with Gasteiger partial charge in [-0.05, 0) is 92.6 Å². The Hall–Kier alpha value is -2.65. The third kappa shape index (κ3) is 5.27. The van der Waals surface area contributed by atoms with Crippen molar-refractivity contribution in [1.29, 1.82) is 0 Å². The van der Waals surface area contributed by atoms with Crippen LogP contribution in [0.4, 0.5) is 4.39 Å². The van der Waals surface area contributed by atoms with Gasteiger partial charge in [0.25, 0.3) is 15.9 Å². The number of hydrogen-bond donors (Lipinski definition) is 1. The fourth-order valence-electron chi connectivity index (χ4n) is 4.94. The minimum absolute atomic E-state index is 0.0730. The lowest BCUT2D eigenvalue weighted by atomic mass is 9.95. The molecule has 5 rings (SSSR count). The Bertz CT molecular complexity index is 1700. The van der Waals surface area contributed by atoms with Gasteiger partial charge in [0.15, 0.2) is 0 Å². The quantitative estimate of drug-likeness (QED) is 0.241. The molecule has 2 aromatic carbocycles. The number of aromatic nitrogens is 1. The first kappa shape index (κ1) is 26.9. The second-order valence-corrected chi connectivity index (χ2v) is 13.5. The molecule has 4 aromatic rings. The molecule has 1 aliphatic rings.